The highest BCUT2D eigenvalue weighted by Crippen LogP contribution is 2.18. The fourth-order valence-corrected chi connectivity index (χ4v) is 0. The molecule has 0 atom stereocenters. The van der Waals surface area contributed by atoms with Crippen molar-refractivity contribution in [3.63, 3.8) is 0 Å². The van der Waals surface area contributed by atoms with Crippen molar-refractivity contribution in [1.82, 2.24) is 5.32 Å². The summed E-state index contributed by atoms with van der Waals surface area (Å²) in [6.07, 6.45) is 0. The van der Waals surface area contributed by atoms with E-state index in [1.54, 1.807) is 0 Å². The Hall–Kier alpha value is 0.0700. The molecule has 0 aliphatic carbocycles. The number of rotatable bonds is 0. The molecule has 52 valence electrons. The summed E-state index contributed by atoms with van der Waals surface area (Å²) >= 11 is 0. The summed E-state index contributed by atoms with van der Waals surface area (Å²) < 4.78 is 8.77. The third-order valence-electron chi connectivity index (χ3n) is 0. The molecule has 0 amide bonds. The lowest BCUT2D eigenvalue weighted by atomic mass is 11.3. The van der Waals surface area contributed by atoms with E-state index >= 15 is 0 Å². The van der Waals surface area contributed by atoms with Gasteiger partial charge in [-0.3, -0.25) is 4.57 Å². The fourth-order valence-electron chi connectivity index (χ4n) is 0. The minimum atomic E-state index is -4.89. The van der Waals surface area contributed by atoms with Crippen molar-refractivity contribution in [3.8, 4) is 0 Å². The summed E-state index contributed by atoms with van der Waals surface area (Å²) in [5.74, 6) is 0. The van der Waals surface area contributed by atoms with Gasteiger partial charge in [0.15, 0.2) is 0 Å². The molecule has 0 radical (unpaired) electrons. The molecule has 0 aromatic carbocycles. The van der Waals surface area contributed by atoms with Crippen molar-refractivity contribution >= 4 is 7.82 Å². The van der Waals surface area contributed by atoms with Crippen LogP contribution >= 0.6 is 7.82 Å². The normalized spacial score (nSPS) is 9.62. The molecule has 0 fully saturated rings. The first-order valence-corrected chi connectivity index (χ1v) is 3.30. The molecular formula is C2H9NO4P-. The lowest BCUT2D eigenvalue weighted by molar-refractivity contribution is -0.214. The Morgan fingerprint density at radius 2 is 1.50 bits per heavy atom. The number of phosphoric acid groups is 1. The van der Waals surface area contributed by atoms with Crippen LogP contribution in [0.25, 0.3) is 0 Å². The number of hydrogen-bond acceptors (Lipinski definition) is 3. The molecule has 0 spiro atoms. The highest BCUT2D eigenvalue weighted by atomic mass is 31.2. The van der Waals surface area contributed by atoms with Crippen molar-refractivity contribution < 1.29 is 19.2 Å². The summed E-state index contributed by atoms with van der Waals surface area (Å²) in [5.41, 5.74) is 0. The highest BCUT2D eigenvalue weighted by Gasteiger charge is 1.82. The maximum atomic E-state index is 8.77. The van der Waals surface area contributed by atoms with Gasteiger partial charge in [0.1, 0.15) is 0 Å². The molecule has 0 aliphatic rings. The summed E-state index contributed by atoms with van der Waals surface area (Å²) in [6, 6.07) is 0. The second kappa shape index (κ2) is 5.21. The summed E-state index contributed by atoms with van der Waals surface area (Å²) in [5, 5.41) is 2.75. The van der Waals surface area contributed by atoms with E-state index in [1.807, 2.05) is 14.1 Å². The van der Waals surface area contributed by atoms with Gasteiger partial charge in [0.25, 0.3) is 7.82 Å². The lowest BCUT2D eigenvalue weighted by Gasteiger charge is -2.01. The van der Waals surface area contributed by atoms with Crippen LogP contribution in [-0.2, 0) is 4.57 Å². The van der Waals surface area contributed by atoms with Crippen LogP contribution in [0.4, 0.5) is 0 Å². The minimum Gasteiger partial charge on any atom is -0.756 e. The topological polar surface area (TPSA) is 92.6 Å². The standard InChI is InChI=1S/C2H7N.H3O4P/c1-3-2;1-5(2,3)4/h3H,1-2H3;(H3,1,2,3,4)/p-1. The second-order valence-corrected chi connectivity index (χ2v) is 1.97. The summed E-state index contributed by atoms with van der Waals surface area (Å²) in [7, 11) is -1.14. The second-order valence-electron chi connectivity index (χ2n) is 0.991. The van der Waals surface area contributed by atoms with E-state index in [1.165, 1.54) is 0 Å². The van der Waals surface area contributed by atoms with Gasteiger partial charge in [0, 0.05) is 0 Å². The molecule has 0 saturated heterocycles. The average Bonchev–Trinajstić information content (AvgIpc) is 1.27. The van der Waals surface area contributed by atoms with Crippen LogP contribution in [0.5, 0.6) is 0 Å². The zero-order valence-corrected chi connectivity index (χ0v) is 5.55. The Labute approximate surface area is 47.6 Å². The van der Waals surface area contributed by atoms with Gasteiger partial charge in [-0.15, -0.1) is 0 Å². The van der Waals surface area contributed by atoms with Crippen molar-refractivity contribution in [2.45, 2.75) is 0 Å². The van der Waals surface area contributed by atoms with E-state index in [0.717, 1.165) is 0 Å². The van der Waals surface area contributed by atoms with Crippen molar-refractivity contribution in [1.29, 1.82) is 0 Å². The zero-order chi connectivity index (χ0) is 7.21. The van der Waals surface area contributed by atoms with E-state index in [4.69, 9.17) is 19.2 Å². The lowest BCUT2D eigenvalue weighted by Crippen LogP contribution is -1.94. The van der Waals surface area contributed by atoms with E-state index in [2.05, 4.69) is 5.32 Å². The Bertz CT molecular complexity index is 69.8. The van der Waals surface area contributed by atoms with E-state index in [-0.39, 0.29) is 0 Å². The Morgan fingerprint density at radius 1 is 1.50 bits per heavy atom. The van der Waals surface area contributed by atoms with Gasteiger partial charge in [-0.1, -0.05) is 0 Å². The molecule has 0 aromatic heterocycles. The van der Waals surface area contributed by atoms with Crippen LogP contribution in [0.3, 0.4) is 0 Å². The van der Waals surface area contributed by atoms with Crippen LogP contribution < -0.4 is 10.2 Å². The van der Waals surface area contributed by atoms with E-state index < -0.39 is 7.82 Å². The Kier molecular flexibility index (Phi) is 7.13. The van der Waals surface area contributed by atoms with Gasteiger partial charge >= 0.3 is 0 Å². The SMILES string of the molecule is CNC.O=P([O-])(O)O. The molecule has 0 aromatic rings. The highest BCUT2D eigenvalue weighted by molar-refractivity contribution is 7.43. The largest absolute Gasteiger partial charge is 0.756 e. The molecule has 0 heterocycles. The summed E-state index contributed by atoms with van der Waals surface area (Å²) in [4.78, 5) is 22.9. The first-order chi connectivity index (χ1) is 3.41. The monoisotopic (exact) mass is 142 g/mol. The molecule has 0 saturated carbocycles. The van der Waals surface area contributed by atoms with Crippen LogP contribution in [-0.4, -0.2) is 23.9 Å². The van der Waals surface area contributed by atoms with Crippen molar-refractivity contribution in [2.75, 3.05) is 14.1 Å². The Morgan fingerprint density at radius 3 is 1.50 bits per heavy atom. The molecule has 0 rings (SSSR count). The van der Waals surface area contributed by atoms with Crippen LogP contribution in [0.2, 0.25) is 0 Å². The van der Waals surface area contributed by atoms with Crippen molar-refractivity contribution in [3.05, 3.63) is 0 Å². The number of hydrogen-bond donors (Lipinski definition) is 3. The van der Waals surface area contributed by atoms with Crippen LogP contribution in [0.1, 0.15) is 0 Å². The predicted octanol–water partition coefficient (Wildman–Crippen LogP) is -1.72. The third-order valence-corrected chi connectivity index (χ3v) is 0. The molecule has 0 unspecified atom stereocenters. The third kappa shape index (κ3) is 31800. The first kappa shape index (κ1) is 10.9. The van der Waals surface area contributed by atoms with E-state index in [9.17, 15) is 0 Å². The van der Waals surface area contributed by atoms with Gasteiger partial charge in [-0.2, -0.15) is 0 Å². The molecule has 0 aliphatic heterocycles. The van der Waals surface area contributed by atoms with Crippen LogP contribution in [0, 0.1) is 0 Å². The zero-order valence-electron chi connectivity index (χ0n) is 4.66. The average molecular weight is 142 g/mol. The van der Waals surface area contributed by atoms with Gasteiger partial charge in [0.05, 0.1) is 0 Å². The first-order valence-electron chi connectivity index (χ1n) is 1.77. The quantitative estimate of drug-likeness (QED) is 0.349. The van der Waals surface area contributed by atoms with E-state index in [0.29, 0.717) is 0 Å². The maximum absolute atomic E-state index is 8.77. The van der Waals surface area contributed by atoms with Gasteiger partial charge < -0.3 is 20.0 Å². The molecule has 8 heavy (non-hydrogen) atoms. The smallest absolute Gasteiger partial charge is 0.262 e. The van der Waals surface area contributed by atoms with Crippen molar-refractivity contribution in [2.24, 2.45) is 0 Å². The Balaban J connectivity index is 0. The molecule has 3 N–H and O–H groups in total. The fraction of sp³-hybridized carbons (Fsp3) is 1.00. The number of nitrogens with one attached hydrogen (secondary N) is 1. The summed E-state index contributed by atoms with van der Waals surface area (Å²) in [6.45, 7) is 0. The molecule has 6 heteroatoms. The molecular weight excluding hydrogens is 133 g/mol. The molecule has 0 bridgehead atoms. The van der Waals surface area contributed by atoms with Gasteiger partial charge in [-0.25, -0.2) is 0 Å². The predicted molar refractivity (Wildman–Crippen MR) is 27.0 cm³/mol. The van der Waals surface area contributed by atoms with Crippen LogP contribution in [0.15, 0.2) is 0 Å². The molecule has 5 nitrogen and oxygen atoms in total. The van der Waals surface area contributed by atoms with Gasteiger partial charge in [0.2, 0.25) is 0 Å². The van der Waals surface area contributed by atoms with Gasteiger partial charge in [-0.05, 0) is 14.1 Å². The maximum Gasteiger partial charge on any atom is 0.262 e. The minimum absolute atomic E-state index is 1.88.